The SMILES string of the molecule is CCCC1CCN(c2cc(C(=O)O)ccc2N)C1. The van der Waals surface area contributed by atoms with E-state index in [1.807, 2.05) is 0 Å². The summed E-state index contributed by atoms with van der Waals surface area (Å²) in [6.07, 6.45) is 3.60. The van der Waals surface area contributed by atoms with E-state index in [2.05, 4.69) is 11.8 Å². The van der Waals surface area contributed by atoms with Crippen molar-refractivity contribution in [2.24, 2.45) is 5.92 Å². The summed E-state index contributed by atoms with van der Waals surface area (Å²) in [7, 11) is 0. The van der Waals surface area contributed by atoms with E-state index < -0.39 is 5.97 Å². The van der Waals surface area contributed by atoms with Crippen LogP contribution in [0.4, 0.5) is 11.4 Å². The summed E-state index contributed by atoms with van der Waals surface area (Å²) in [4.78, 5) is 13.2. The van der Waals surface area contributed by atoms with Gasteiger partial charge in [0.15, 0.2) is 0 Å². The Labute approximate surface area is 107 Å². The Kier molecular flexibility index (Phi) is 3.75. The minimum atomic E-state index is -0.902. The predicted octanol–water partition coefficient (Wildman–Crippen LogP) is 2.59. The molecule has 1 aromatic carbocycles. The van der Waals surface area contributed by atoms with Crippen molar-refractivity contribution in [3.63, 3.8) is 0 Å². The van der Waals surface area contributed by atoms with Crippen LogP contribution in [0, 0.1) is 5.92 Å². The number of anilines is 2. The van der Waals surface area contributed by atoms with Gasteiger partial charge in [0.2, 0.25) is 0 Å². The lowest BCUT2D eigenvalue weighted by Crippen LogP contribution is -2.21. The minimum Gasteiger partial charge on any atom is -0.478 e. The van der Waals surface area contributed by atoms with Crippen molar-refractivity contribution < 1.29 is 9.90 Å². The van der Waals surface area contributed by atoms with Gasteiger partial charge in [0.1, 0.15) is 0 Å². The van der Waals surface area contributed by atoms with Gasteiger partial charge in [-0.2, -0.15) is 0 Å². The molecule has 0 bridgehead atoms. The zero-order valence-corrected chi connectivity index (χ0v) is 10.7. The highest BCUT2D eigenvalue weighted by Gasteiger charge is 2.23. The van der Waals surface area contributed by atoms with Crippen LogP contribution in [-0.4, -0.2) is 24.2 Å². The van der Waals surface area contributed by atoms with Crippen LogP contribution in [-0.2, 0) is 0 Å². The summed E-state index contributed by atoms with van der Waals surface area (Å²) in [6.45, 7) is 4.15. The third kappa shape index (κ3) is 2.58. The first-order valence-corrected chi connectivity index (χ1v) is 6.49. The topological polar surface area (TPSA) is 66.6 Å². The van der Waals surface area contributed by atoms with Crippen LogP contribution >= 0.6 is 0 Å². The molecule has 0 aromatic heterocycles. The third-order valence-corrected chi connectivity index (χ3v) is 3.60. The standard InChI is InChI=1S/C14H20N2O2/c1-2-3-10-6-7-16(9-10)13-8-11(14(17)18)4-5-12(13)15/h4-5,8,10H,2-3,6-7,9,15H2,1H3,(H,17,18). The largest absolute Gasteiger partial charge is 0.478 e. The first-order chi connectivity index (χ1) is 8.61. The molecule has 1 aliphatic rings. The Morgan fingerprint density at radius 2 is 2.33 bits per heavy atom. The quantitative estimate of drug-likeness (QED) is 0.804. The number of hydrogen-bond donors (Lipinski definition) is 2. The average Bonchev–Trinajstić information content (AvgIpc) is 2.78. The summed E-state index contributed by atoms with van der Waals surface area (Å²) in [5.74, 6) is -0.191. The highest BCUT2D eigenvalue weighted by atomic mass is 16.4. The number of nitrogens with two attached hydrogens (primary N) is 1. The lowest BCUT2D eigenvalue weighted by Gasteiger charge is -2.21. The normalized spacial score (nSPS) is 19.2. The summed E-state index contributed by atoms with van der Waals surface area (Å²) >= 11 is 0. The second-order valence-electron chi connectivity index (χ2n) is 4.97. The van der Waals surface area contributed by atoms with Crippen LogP contribution in [0.1, 0.15) is 36.5 Å². The number of rotatable bonds is 4. The Balaban J connectivity index is 2.18. The Morgan fingerprint density at radius 3 is 3.00 bits per heavy atom. The van der Waals surface area contributed by atoms with Gasteiger partial charge in [0.25, 0.3) is 0 Å². The van der Waals surface area contributed by atoms with E-state index in [1.54, 1.807) is 18.2 Å². The molecule has 3 N–H and O–H groups in total. The molecule has 0 amide bonds. The average molecular weight is 248 g/mol. The van der Waals surface area contributed by atoms with Gasteiger partial charge in [-0.25, -0.2) is 4.79 Å². The lowest BCUT2D eigenvalue weighted by molar-refractivity contribution is 0.0697. The van der Waals surface area contributed by atoms with Crippen LogP contribution < -0.4 is 10.6 Å². The number of nitrogens with zero attached hydrogens (tertiary/aromatic N) is 1. The molecule has 0 saturated carbocycles. The smallest absolute Gasteiger partial charge is 0.335 e. The molecule has 2 rings (SSSR count). The molecule has 0 aliphatic carbocycles. The molecule has 1 aliphatic heterocycles. The summed E-state index contributed by atoms with van der Waals surface area (Å²) in [6, 6.07) is 4.93. The van der Waals surface area contributed by atoms with E-state index in [4.69, 9.17) is 10.8 Å². The molecule has 1 aromatic rings. The fourth-order valence-corrected chi connectivity index (χ4v) is 2.65. The van der Waals surface area contributed by atoms with Gasteiger partial charge in [-0.1, -0.05) is 13.3 Å². The van der Waals surface area contributed by atoms with Gasteiger partial charge >= 0.3 is 5.97 Å². The second-order valence-corrected chi connectivity index (χ2v) is 4.97. The third-order valence-electron chi connectivity index (χ3n) is 3.60. The van der Waals surface area contributed by atoms with Crippen LogP contribution in [0.25, 0.3) is 0 Å². The lowest BCUT2D eigenvalue weighted by atomic mass is 10.0. The van der Waals surface area contributed by atoms with E-state index in [9.17, 15) is 4.79 Å². The zero-order chi connectivity index (χ0) is 13.1. The molecule has 1 fully saturated rings. The summed E-state index contributed by atoms with van der Waals surface area (Å²) in [5.41, 5.74) is 7.79. The molecule has 0 spiro atoms. The number of carbonyl (C=O) groups is 1. The van der Waals surface area contributed by atoms with E-state index in [0.29, 0.717) is 17.2 Å². The van der Waals surface area contributed by atoms with E-state index in [-0.39, 0.29) is 0 Å². The molecule has 98 valence electrons. The molecule has 1 saturated heterocycles. The highest BCUT2D eigenvalue weighted by Crippen LogP contribution is 2.31. The fourth-order valence-electron chi connectivity index (χ4n) is 2.65. The monoisotopic (exact) mass is 248 g/mol. The van der Waals surface area contributed by atoms with Crippen molar-refractivity contribution in [3.8, 4) is 0 Å². The molecule has 1 unspecified atom stereocenters. The number of hydrogen-bond acceptors (Lipinski definition) is 3. The minimum absolute atomic E-state index is 0.304. The fraction of sp³-hybridized carbons (Fsp3) is 0.500. The molecule has 1 atom stereocenters. The molecular formula is C14H20N2O2. The van der Waals surface area contributed by atoms with Crippen LogP contribution in [0.2, 0.25) is 0 Å². The molecule has 4 heteroatoms. The number of carboxylic acid groups (broad SMARTS) is 1. The maximum atomic E-state index is 11.0. The molecule has 4 nitrogen and oxygen atoms in total. The molecule has 0 radical (unpaired) electrons. The Morgan fingerprint density at radius 1 is 1.56 bits per heavy atom. The number of carboxylic acids is 1. The maximum Gasteiger partial charge on any atom is 0.335 e. The van der Waals surface area contributed by atoms with Crippen molar-refractivity contribution in [1.29, 1.82) is 0 Å². The van der Waals surface area contributed by atoms with E-state index >= 15 is 0 Å². The van der Waals surface area contributed by atoms with Gasteiger partial charge in [0, 0.05) is 13.1 Å². The van der Waals surface area contributed by atoms with Gasteiger partial charge in [-0.3, -0.25) is 0 Å². The number of nitrogen functional groups attached to an aromatic ring is 1. The van der Waals surface area contributed by atoms with Gasteiger partial charge in [-0.15, -0.1) is 0 Å². The highest BCUT2D eigenvalue weighted by molar-refractivity contribution is 5.90. The van der Waals surface area contributed by atoms with Crippen molar-refractivity contribution in [2.75, 3.05) is 23.7 Å². The summed E-state index contributed by atoms with van der Waals surface area (Å²) in [5, 5.41) is 9.02. The zero-order valence-electron chi connectivity index (χ0n) is 10.7. The van der Waals surface area contributed by atoms with Crippen molar-refractivity contribution in [2.45, 2.75) is 26.2 Å². The Hall–Kier alpha value is -1.71. The van der Waals surface area contributed by atoms with Crippen LogP contribution in [0.3, 0.4) is 0 Å². The Bertz CT molecular complexity index is 445. The first-order valence-electron chi connectivity index (χ1n) is 6.49. The first kappa shape index (κ1) is 12.7. The van der Waals surface area contributed by atoms with Crippen LogP contribution in [0.5, 0.6) is 0 Å². The molecular weight excluding hydrogens is 228 g/mol. The summed E-state index contributed by atoms with van der Waals surface area (Å²) < 4.78 is 0. The van der Waals surface area contributed by atoms with Crippen molar-refractivity contribution in [3.05, 3.63) is 23.8 Å². The molecule has 18 heavy (non-hydrogen) atoms. The van der Waals surface area contributed by atoms with Gasteiger partial charge < -0.3 is 15.7 Å². The van der Waals surface area contributed by atoms with Gasteiger partial charge in [-0.05, 0) is 37.0 Å². The maximum absolute atomic E-state index is 11.0. The predicted molar refractivity (Wildman–Crippen MR) is 73.0 cm³/mol. The van der Waals surface area contributed by atoms with Gasteiger partial charge in [0.05, 0.1) is 16.9 Å². The van der Waals surface area contributed by atoms with Crippen LogP contribution in [0.15, 0.2) is 18.2 Å². The second kappa shape index (κ2) is 5.29. The van der Waals surface area contributed by atoms with E-state index in [1.165, 1.54) is 19.3 Å². The molecule has 1 heterocycles. The van der Waals surface area contributed by atoms with Crippen molar-refractivity contribution in [1.82, 2.24) is 0 Å². The number of benzene rings is 1. The van der Waals surface area contributed by atoms with E-state index in [0.717, 1.165) is 18.8 Å². The van der Waals surface area contributed by atoms with Crippen molar-refractivity contribution >= 4 is 17.3 Å². The number of aromatic carboxylic acids is 1.